The summed E-state index contributed by atoms with van der Waals surface area (Å²) in [5.41, 5.74) is 10.2. The molecule has 0 amide bonds. The first kappa shape index (κ1) is 11.8. The lowest BCUT2D eigenvalue weighted by molar-refractivity contribution is 1.51. The zero-order chi connectivity index (χ0) is 14.5. The summed E-state index contributed by atoms with van der Waals surface area (Å²) >= 11 is 0. The first-order chi connectivity index (χ1) is 10.9. The number of benzene rings is 2. The zero-order valence-electron chi connectivity index (χ0n) is 12.0. The monoisotopic (exact) mass is 277 g/mol. The van der Waals surface area contributed by atoms with Gasteiger partial charge in [0.05, 0.1) is 0 Å². The van der Waals surface area contributed by atoms with Crippen molar-refractivity contribution in [2.45, 2.75) is 0 Å². The molecule has 0 fully saturated rings. The van der Waals surface area contributed by atoms with E-state index in [1.165, 1.54) is 44.5 Å². The average molecular weight is 277 g/mol. The number of hydrogen-bond donors (Lipinski definition) is 0. The van der Waals surface area contributed by atoms with Crippen molar-refractivity contribution in [2.75, 3.05) is 0 Å². The van der Waals surface area contributed by atoms with Gasteiger partial charge in [0.15, 0.2) is 0 Å². The quantitative estimate of drug-likeness (QED) is 0.357. The Balaban J connectivity index is 1.68. The summed E-state index contributed by atoms with van der Waals surface area (Å²) in [5, 5.41) is 0. The maximum absolute atomic E-state index is 3.62. The van der Waals surface area contributed by atoms with Gasteiger partial charge in [-0.05, 0) is 50.6 Å². The molecular formula is C22H13. The average Bonchev–Trinajstić information content (AvgIpc) is 2.80. The minimum Gasteiger partial charge on any atom is -0.0622 e. The van der Waals surface area contributed by atoms with Gasteiger partial charge < -0.3 is 0 Å². The smallest absolute Gasteiger partial charge is 0.000741 e. The highest BCUT2D eigenvalue weighted by Gasteiger charge is 2.22. The van der Waals surface area contributed by atoms with Crippen LogP contribution in [-0.4, -0.2) is 0 Å². The van der Waals surface area contributed by atoms with Gasteiger partial charge in [-0.2, -0.15) is 0 Å². The Morgan fingerprint density at radius 1 is 0.455 bits per heavy atom. The molecule has 0 aliphatic heterocycles. The van der Waals surface area contributed by atoms with E-state index in [2.05, 4.69) is 84.9 Å². The van der Waals surface area contributed by atoms with Gasteiger partial charge >= 0.3 is 0 Å². The lowest BCUT2D eigenvalue weighted by atomic mass is 9.79. The van der Waals surface area contributed by atoms with Gasteiger partial charge in [-0.3, -0.25) is 0 Å². The molecule has 3 aliphatic carbocycles. The molecule has 0 atom stereocenters. The van der Waals surface area contributed by atoms with Crippen LogP contribution in [0.5, 0.6) is 0 Å². The van der Waals surface area contributed by atoms with Crippen LogP contribution in [0.3, 0.4) is 0 Å². The molecule has 0 heterocycles. The fraction of sp³-hybridized carbons (Fsp3) is 0. The molecule has 3 aliphatic rings. The number of hydrogen-bond acceptors (Lipinski definition) is 0. The molecule has 2 aromatic carbocycles. The number of fused-ring (bicyclic) bond motifs is 5. The molecule has 101 valence electrons. The lowest BCUT2D eigenvalue weighted by Gasteiger charge is -2.24. The molecule has 0 nitrogen and oxygen atoms in total. The number of rotatable bonds is 1. The van der Waals surface area contributed by atoms with Crippen molar-refractivity contribution < 1.29 is 0 Å². The second-order valence-corrected chi connectivity index (χ2v) is 5.73. The maximum Gasteiger partial charge on any atom is -0.000741 e. The van der Waals surface area contributed by atoms with Gasteiger partial charge in [-0.15, -0.1) is 0 Å². The summed E-state index contributed by atoms with van der Waals surface area (Å²) < 4.78 is 0. The third-order valence-electron chi connectivity index (χ3n) is 4.51. The Morgan fingerprint density at radius 2 is 1.18 bits per heavy atom. The normalized spacial score (nSPS) is 11.6. The second-order valence-electron chi connectivity index (χ2n) is 5.73. The molecule has 0 saturated carbocycles. The summed E-state index contributed by atoms with van der Waals surface area (Å²) in [5.74, 6) is 0. The van der Waals surface area contributed by atoms with Crippen LogP contribution in [0.25, 0.3) is 44.5 Å². The van der Waals surface area contributed by atoms with E-state index in [9.17, 15) is 0 Å². The van der Waals surface area contributed by atoms with E-state index in [0.29, 0.717) is 0 Å². The molecule has 5 rings (SSSR count). The van der Waals surface area contributed by atoms with Gasteiger partial charge in [0.2, 0.25) is 0 Å². The summed E-state index contributed by atoms with van der Waals surface area (Å²) in [6.45, 7) is 0. The van der Waals surface area contributed by atoms with Crippen LogP contribution in [0.15, 0.2) is 78.9 Å². The second kappa shape index (κ2) is 4.32. The molecule has 0 heteroatoms. The molecule has 2 aromatic rings. The molecule has 0 aromatic heterocycles. The highest BCUT2D eigenvalue weighted by molar-refractivity contribution is 6.03. The van der Waals surface area contributed by atoms with Gasteiger partial charge in [0, 0.05) is 0 Å². The standard InChI is InChI=1S/C22H13/c1-2-6-15-10-12-18(17(15)7-3-1)16-11-13-21-19-8-4-5-9-20(19)22(21)14-16/h1-13H. The van der Waals surface area contributed by atoms with Crippen LogP contribution in [0.4, 0.5) is 0 Å². The minimum atomic E-state index is 1.18. The van der Waals surface area contributed by atoms with Crippen molar-refractivity contribution in [1.82, 2.24) is 0 Å². The Labute approximate surface area is 130 Å². The van der Waals surface area contributed by atoms with Crippen molar-refractivity contribution in [3.63, 3.8) is 0 Å². The van der Waals surface area contributed by atoms with Gasteiger partial charge in [0.1, 0.15) is 0 Å². The van der Waals surface area contributed by atoms with Crippen molar-refractivity contribution >= 4 is 0 Å². The predicted molar refractivity (Wildman–Crippen MR) is 91.8 cm³/mol. The van der Waals surface area contributed by atoms with Crippen molar-refractivity contribution in [1.29, 1.82) is 0 Å². The highest BCUT2D eigenvalue weighted by Crippen LogP contribution is 2.48. The summed E-state index contributed by atoms with van der Waals surface area (Å²) in [4.78, 5) is 0. The molecule has 0 saturated heterocycles. The van der Waals surface area contributed by atoms with Crippen LogP contribution < -0.4 is 0 Å². The first-order valence-corrected chi connectivity index (χ1v) is 7.56. The highest BCUT2D eigenvalue weighted by atomic mass is 14.3. The van der Waals surface area contributed by atoms with E-state index in [1.54, 1.807) is 0 Å². The molecule has 0 bridgehead atoms. The SMILES string of the molecule is [c]1c(-c2ccc3cccccc2-3)ccc2c1-c1ccccc1-2. The van der Waals surface area contributed by atoms with Crippen molar-refractivity contribution in [3.05, 3.63) is 84.9 Å². The molecule has 22 heavy (non-hydrogen) atoms. The maximum atomic E-state index is 3.62. The molecular weight excluding hydrogens is 264 g/mol. The topological polar surface area (TPSA) is 0 Å². The van der Waals surface area contributed by atoms with Gasteiger partial charge in [-0.25, -0.2) is 0 Å². The van der Waals surface area contributed by atoms with Crippen LogP contribution in [0.1, 0.15) is 0 Å². The van der Waals surface area contributed by atoms with E-state index >= 15 is 0 Å². The fourth-order valence-electron chi connectivity index (χ4n) is 3.41. The lowest BCUT2D eigenvalue weighted by Crippen LogP contribution is -1.98. The summed E-state index contributed by atoms with van der Waals surface area (Å²) in [6, 6.07) is 31.6. The van der Waals surface area contributed by atoms with Gasteiger partial charge in [-0.1, -0.05) is 78.9 Å². The molecule has 1 radical (unpaired) electrons. The van der Waals surface area contributed by atoms with E-state index in [4.69, 9.17) is 0 Å². The van der Waals surface area contributed by atoms with Crippen molar-refractivity contribution in [3.8, 4) is 44.5 Å². The van der Waals surface area contributed by atoms with Crippen LogP contribution >= 0.6 is 0 Å². The fourth-order valence-corrected chi connectivity index (χ4v) is 3.41. The Morgan fingerprint density at radius 3 is 2.14 bits per heavy atom. The Hall–Kier alpha value is -2.86. The largest absolute Gasteiger partial charge is 0.0622 e. The van der Waals surface area contributed by atoms with Crippen LogP contribution in [-0.2, 0) is 0 Å². The van der Waals surface area contributed by atoms with Crippen LogP contribution in [0, 0.1) is 6.07 Å². The molecule has 0 unspecified atom stereocenters. The van der Waals surface area contributed by atoms with E-state index in [-0.39, 0.29) is 0 Å². The Bertz CT molecular complexity index is 978. The van der Waals surface area contributed by atoms with Gasteiger partial charge in [0.25, 0.3) is 0 Å². The van der Waals surface area contributed by atoms with E-state index in [1.807, 2.05) is 0 Å². The Kier molecular flexibility index (Phi) is 2.31. The van der Waals surface area contributed by atoms with Crippen LogP contribution in [0.2, 0.25) is 0 Å². The van der Waals surface area contributed by atoms with E-state index in [0.717, 1.165) is 0 Å². The molecule has 0 N–H and O–H groups in total. The zero-order valence-corrected chi connectivity index (χ0v) is 12.0. The predicted octanol–water partition coefficient (Wildman–Crippen LogP) is 5.91. The summed E-state index contributed by atoms with van der Waals surface area (Å²) in [7, 11) is 0. The van der Waals surface area contributed by atoms with E-state index < -0.39 is 0 Å². The summed E-state index contributed by atoms with van der Waals surface area (Å²) in [6.07, 6.45) is 0. The first-order valence-electron chi connectivity index (χ1n) is 7.56. The third kappa shape index (κ3) is 1.52. The van der Waals surface area contributed by atoms with Crippen molar-refractivity contribution in [2.24, 2.45) is 0 Å². The minimum absolute atomic E-state index is 1.18. The molecule has 0 spiro atoms. The third-order valence-corrected chi connectivity index (χ3v) is 4.51.